The molecule has 2 amide bonds. The first kappa shape index (κ1) is 18.5. The quantitative estimate of drug-likeness (QED) is 0.890. The molecule has 2 fully saturated rings. The van der Waals surface area contributed by atoms with Crippen LogP contribution < -0.4 is 5.32 Å². The molecule has 0 spiro atoms. The van der Waals surface area contributed by atoms with Gasteiger partial charge in [0.05, 0.1) is 0 Å². The van der Waals surface area contributed by atoms with Crippen molar-refractivity contribution >= 4 is 23.3 Å². The van der Waals surface area contributed by atoms with Gasteiger partial charge in [0.1, 0.15) is 0 Å². The van der Waals surface area contributed by atoms with Gasteiger partial charge in [0.2, 0.25) is 0 Å². The van der Waals surface area contributed by atoms with Crippen molar-refractivity contribution in [3.8, 4) is 0 Å². The van der Waals surface area contributed by atoms with Crippen molar-refractivity contribution in [2.75, 3.05) is 51.6 Å². The fraction of sp³-hybridized carbons (Fsp3) is 0.632. The number of halogens is 1. The van der Waals surface area contributed by atoms with E-state index in [1.807, 2.05) is 17.0 Å². The van der Waals surface area contributed by atoms with Crippen LogP contribution in [0.15, 0.2) is 24.3 Å². The summed E-state index contributed by atoms with van der Waals surface area (Å²) in [6.07, 6.45) is 4.50. The van der Waals surface area contributed by atoms with Crippen LogP contribution >= 0.6 is 11.6 Å². The van der Waals surface area contributed by atoms with Crippen molar-refractivity contribution in [2.45, 2.75) is 31.7 Å². The van der Waals surface area contributed by atoms with Gasteiger partial charge in [-0.2, -0.15) is 0 Å². The van der Waals surface area contributed by atoms with Crippen molar-refractivity contribution in [3.63, 3.8) is 0 Å². The Kier molecular flexibility index (Phi) is 6.57. The average molecular weight is 365 g/mol. The van der Waals surface area contributed by atoms with E-state index < -0.39 is 0 Å². The Bertz CT molecular complexity index is 557. The van der Waals surface area contributed by atoms with Gasteiger partial charge >= 0.3 is 6.03 Å². The number of carbonyl (C=O) groups excluding carboxylic acids is 1. The van der Waals surface area contributed by atoms with Crippen LogP contribution in [0.2, 0.25) is 5.02 Å². The van der Waals surface area contributed by atoms with Gasteiger partial charge in [0.25, 0.3) is 0 Å². The lowest BCUT2D eigenvalue weighted by Gasteiger charge is -2.38. The summed E-state index contributed by atoms with van der Waals surface area (Å²) in [6, 6.07) is 7.68. The Morgan fingerprint density at radius 3 is 2.56 bits per heavy atom. The van der Waals surface area contributed by atoms with E-state index in [1.54, 1.807) is 12.1 Å². The first-order valence-corrected chi connectivity index (χ1v) is 9.74. The normalized spacial score (nSPS) is 22.8. The van der Waals surface area contributed by atoms with Crippen molar-refractivity contribution in [1.82, 2.24) is 14.7 Å². The van der Waals surface area contributed by atoms with Crippen LogP contribution in [-0.2, 0) is 0 Å². The van der Waals surface area contributed by atoms with Gasteiger partial charge in [-0.3, -0.25) is 0 Å². The zero-order valence-corrected chi connectivity index (χ0v) is 15.8. The van der Waals surface area contributed by atoms with E-state index in [1.165, 1.54) is 6.42 Å². The zero-order chi connectivity index (χ0) is 17.6. The molecular formula is C19H29ClN4O. The van der Waals surface area contributed by atoms with Crippen LogP contribution in [0.1, 0.15) is 25.7 Å². The maximum absolute atomic E-state index is 12.7. The monoisotopic (exact) mass is 364 g/mol. The lowest BCUT2D eigenvalue weighted by Crippen LogP contribution is -2.49. The van der Waals surface area contributed by atoms with Gasteiger partial charge in [-0.25, -0.2) is 4.79 Å². The predicted molar refractivity (Wildman–Crippen MR) is 103 cm³/mol. The minimum absolute atomic E-state index is 0.0189. The number of hydrogen-bond acceptors (Lipinski definition) is 3. The molecule has 1 aromatic rings. The molecule has 0 saturated carbocycles. The number of nitrogens with one attached hydrogen (secondary N) is 1. The third kappa shape index (κ3) is 5.33. The molecule has 0 bridgehead atoms. The first-order chi connectivity index (χ1) is 12.1. The highest BCUT2D eigenvalue weighted by molar-refractivity contribution is 6.30. The van der Waals surface area contributed by atoms with Gasteiger partial charge in [-0.1, -0.05) is 11.6 Å². The molecular weight excluding hydrogens is 336 g/mol. The first-order valence-electron chi connectivity index (χ1n) is 9.36. The highest BCUT2D eigenvalue weighted by Gasteiger charge is 2.27. The van der Waals surface area contributed by atoms with Crippen molar-refractivity contribution in [3.05, 3.63) is 29.3 Å². The summed E-state index contributed by atoms with van der Waals surface area (Å²) in [5.41, 5.74) is 0.804. The molecule has 138 valence electrons. The van der Waals surface area contributed by atoms with Crippen molar-refractivity contribution in [1.29, 1.82) is 0 Å². The second-order valence-corrected chi connectivity index (χ2v) is 7.65. The van der Waals surface area contributed by atoms with Gasteiger partial charge < -0.3 is 20.0 Å². The number of piperidine rings is 1. The van der Waals surface area contributed by atoms with Crippen LogP contribution in [0.25, 0.3) is 0 Å². The van der Waals surface area contributed by atoms with Gasteiger partial charge in [-0.05, 0) is 57.0 Å². The van der Waals surface area contributed by atoms with Gasteiger partial charge in [0, 0.05) is 56.0 Å². The SMILES string of the molecule is CN1CCN(CC[C@H]2CCCCN2C(=O)Nc2ccc(Cl)cc2)CC1. The van der Waals surface area contributed by atoms with Gasteiger partial charge in [0.15, 0.2) is 0 Å². The lowest BCUT2D eigenvalue weighted by atomic mass is 9.99. The van der Waals surface area contributed by atoms with E-state index in [0.29, 0.717) is 11.1 Å². The predicted octanol–water partition coefficient (Wildman–Crippen LogP) is 3.36. The maximum atomic E-state index is 12.7. The molecule has 6 heteroatoms. The van der Waals surface area contributed by atoms with E-state index in [9.17, 15) is 4.79 Å². The largest absolute Gasteiger partial charge is 0.322 e. The second kappa shape index (κ2) is 8.88. The number of benzene rings is 1. The number of piperazine rings is 1. The molecule has 0 aliphatic carbocycles. The summed E-state index contributed by atoms with van der Waals surface area (Å²) in [7, 11) is 2.18. The Morgan fingerprint density at radius 1 is 1.12 bits per heavy atom. The summed E-state index contributed by atoms with van der Waals surface area (Å²) >= 11 is 5.91. The molecule has 2 saturated heterocycles. The highest BCUT2D eigenvalue weighted by atomic mass is 35.5. The number of hydrogen-bond donors (Lipinski definition) is 1. The average Bonchev–Trinajstić information content (AvgIpc) is 2.63. The van der Waals surface area contributed by atoms with Crippen molar-refractivity contribution in [2.24, 2.45) is 0 Å². The standard InChI is InChI=1S/C19H29ClN4O/c1-22-12-14-23(15-13-22)11-9-18-4-2-3-10-24(18)19(25)21-17-7-5-16(20)6-8-17/h5-8,18H,2-4,9-15H2,1H3,(H,21,25)/t18-/m1/s1. The Balaban J connectivity index is 1.52. The van der Waals surface area contributed by atoms with Crippen LogP contribution in [-0.4, -0.2) is 73.1 Å². The number of likely N-dealkylation sites (tertiary alicyclic amines) is 1. The number of nitrogens with zero attached hydrogens (tertiary/aromatic N) is 3. The minimum Gasteiger partial charge on any atom is -0.322 e. The van der Waals surface area contributed by atoms with Gasteiger partial charge in [-0.15, -0.1) is 0 Å². The molecule has 1 N–H and O–H groups in total. The summed E-state index contributed by atoms with van der Waals surface area (Å²) in [5.74, 6) is 0. The number of anilines is 1. The maximum Gasteiger partial charge on any atom is 0.322 e. The molecule has 5 nitrogen and oxygen atoms in total. The Hall–Kier alpha value is -1.30. The number of amides is 2. The molecule has 1 aromatic carbocycles. The van der Waals surface area contributed by atoms with Crippen LogP contribution in [0.4, 0.5) is 10.5 Å². The summed E-state index contributed by atoms with van der Waals surface area (Å²) < 4.78 is 0. The molecule has 0 radical (unpaired) electrons. The lowest BCUT2D eigenvalue weighted by molar-refractivity contribution is 0.122. The molecule has 2 aliphatic rings. The third-order valence-corrected chi connectivity index (χ3v) is 5.61. The summed E-state index contributed by atoms with van der Waals surface area (Å²) in [6.45, 7) is 6.51. The van der Waals surface area contributed by atoms with E-state index in [2.05, 4.69) is 22.2 Å². The van der Waals surface area contributed by atoms with E-state index in [0.717, 1.165) is 64.2 Å². The fourth-order valence-electron chi connectivity index (χ4n) is 3.70. The minimum atomic E-state index is 0.0189. The molecule has 0 unspecified atom stereocenters. The molecule has 0 aromatic heterocycles. The number of urea groups is 1. The van der Waals surface area contributed by atoms with E-state index in [4.69, 9.17) is 11.6 Å². The summed E-state index contributed by atoms with van der Waals surface area (Å²) in [5, 5.41) is 3.70. The fourth-order valence-corrected chi connectivity index (χ4v) is 3.83. The Morgan fingerprint density at radius 2 is 1.84 bits per heavy atom. The Labute approximate surface area is 155 Å². The summed E-state index contributed by atoms with van der Waals surface area (Å²) in [4.78, 5) is 19.7. The van der Waals surface area contributed by atoms with Crippen LogP contribution in [0.3, 0.4) is 0 Å². The molecule has 2 heterocycles. The zero-order valence-electron chi connectivity index (χ0n) is 15.1. The number of rotatable bonds is 4. The molecule has 3 rings (SSSR count). The van der Waals surface area contributed by atoms with Crippen LogP contribution in [0.5, 0.6) is 0 Å². The topological polar surface area (TPSA) is 38.8 Å². The third-order valence-electron chi connectivity index (χ3n) is 5.36. The highest BCUT2D eigenvalue weighted by Crippen LogP contribution is 2.22. The van der Waals surface area contributed by atoms with Crippen LogP contribution in [0, 0.1) is 0 Å². The number of carbonyl (C=O) groups is 1. The second-order valence-electron chi connectivity index (χ2n) is 7.21. The molecule has 2 aliphatic heterocycles. The molecule has 1 atom stereocenters. The number of likely N-dealkylation sites (N-methyl/N-ethyl adjacent to an activating group) is 1. The van der Waals surface area contributed by atoms with Crippen molar-refractivity contribution < 1.29 is 4.79 Å². The van der Waals surface area contributed by atoms with E-state index in [-0.39, 0.29) is 6.03 Å². The molecule has 25 heavy (non-hydrogen) atoms. The smallest absolute Gasteiger partial charge is 0.322 e. The van der Waals surface area contributed by atoms with E-state index >= 15 is 0 Å².